The molecule has 1 aromatic carbocycles. The second kappa shape index (κ2) is 8.07. The van der Waals surface area contributed by atoms with E-state index >= 15 is 0 Å². The Hall–Kier alpha value is -1.79. The quantitative estimate of drug-likeness (QED) is 0.853. The number of carbonyl (C=O) groups excluding carboxylic acids is 1. The Labute approximate surface area is 163 Å². The maximum atomic E-state index is 13.1. The van der Waals surface area contributed by atoms with Gasteiger partial charge in [0.05, 0.1) is 5.69 Å². The summed E-state index contributed by atoms with van der Waals surface area (Å²) in [5, 5.41) is 3.92. The van der Waals surface area contributed by atoms with Crippen molar-refractivity contribution in [2.75, 3.05) is 19.6 Å². The summed E-state index contributed by atoms with van der Waals surface area (Å²) >= 11 is 1.38. The first-order valence-electron chi connectivity index (χ1n) is 9.87. The number of piperidine rings is 2. The van der Waals surface area contributed by atoms with Crippen LogP contribution in [0.3, 0.4) is 0 Å². The topological polar surface area (TPSA) is 45.2 Å². The third-order valence-corrected chi connectivity index (χ3v) is 7.05. The van der Waals surface area contributed by atoms with E-state index in [1.54, 1.807) is 12.1 Å². The van der Waals surface area contributed by atoms with Crippen LogP contribution in [0.25, 0.3) is 10.6 Å². The van der Waals surface area contributed by atoms with E-state index in [0.29, 0.717) is 16.8 Å². The van der Waals surface area contributed by atoms with Gasteiger partial charge < -0.3 is 10.2 Å². The van der Waals surface area contributed by atoms with Crippen molar-refractivity contribution in [1.29, 1.82) is 0 Å². The van der Waals surface area contributed by atoms with Crippen molar-refractivity contribution >= 4 is 17.2 Å². The fraction of sp³-hybridized carbons (Fsp3) is 0.524. The molecule has 0 radical (unpaired) electrons. The molecule has 2 aliphatic heterocycles. The lowest BCUT2D eigenvalue weighted by Gasteiger charge is -2.44. The predicted octanol–water partition coefficient (Wildman–Crippen LogP) is 4.25. The van der Waals surface area contributed by atoms with Gasteiger partial charge in [-0.1, -0.05) is 6.42 Å². The molecular weight excluding hydrogens is 361 g/mol. The highest BCUT2D eigenvalue weighted by Crippen LogP contribution is 2.31. The molecule has 1 amide bonds. The summed E-state index contributed by atoms with van der Waals surface area (Å²) in [6.07, 6.45) is 6.30. The monoisotopic (exact) mass is 387 g/mol. The summed E-state index contributed by atoms with van der Waals surface area (Å²) < 4.78 is 13.1. The number of thiazole rings is 1. The van der Waals surface area contributed by atoms with Crippen LogP contribution in [0.2, 0.25) is 0 Å². The number of hydrogen-bond donors (Lipinski definition) is 1. The Bertz CT molecular complexity index is 802. The largest absolute Gasteiger partial charge is 0.351 e. The molecule has 0 saturated carbocycles. The molecule has 2 aliphatic rings. The molecule has 0 aliphatic carbocycles. The molecule has 4 rings (SSSR count). The number of halogens is 1. The van der Waals surface area contributed by atoms with Crippen molar-refractivity contribution in [3.63, 3.8) is 0 Å². The summed E-state index contributed by atoms with van der Waals surface area (Å²) in [6.45, 7) is 5.03. The van der Waals surface area contributed by atoms with Crippen LogP contribution >= 0.6 is 11.3 Å². The van der Waals surface area contributed by atoms with Gasteiger partial charge in [0, 0.05) is 18.2 Å². The fourth-order valence-corrected chi connectivity index (χ4v) is 5.43. The van der Waals surface area contributed by atoms with Crippen LogP contribution in [0.5, 0.6) is 0 Å². The maximum absolute atomic E-state index is 13.1. The van der Waals surface area contributed by atoms with Gasteiger partial charge >= 0.3 is 0 Å². The SMILES string of the molecule is Cc1nc(-c2ccc(F)cc2)sc1C(=O)NC[C@@H]1CCCN2CCCC[C@H]12. The van der Waals surface area contributed by atoms with Gasteiger partial charge in [0.2, 0.25) is 0 Å². The van der Waals surface area contributed by atoms with Gasteiger partial charge in [-0.25, -0.2) is 9.37 Å². The van der Waals surface area contributed by atoms with E-state index in [1.807, 2.05) is 6.92 Å². The molecule has 2 saturated heterocycles. The van der Waals surface area contributed by atoms with Crippen LogP contribution in [0.4, 0.5) is 4.39 Å². The molecule has 27 heavy (non-hydrogen) atoms. The van der Waals surface area contributed by atoms with Gasteiger partial charge in [-0.2, -0.15) is 0 Å². The van der Waals surface area contributed by atoms with Crippen LogP contribution in [0, 0.1) is 18.7 Å². The lowest BCUT2D eigenvalue weighted by molar-refractivity contribution is 0.0576. The molecule has 0 bridgehead atoms. The fourth-order valence-electron chi connectivity index (χ4n) is 4.44. The normalized spacial score (nSPS) is 23.0. The van der Waals surface area contributed by atoms with Crippen molar-refractivity contribution in [3.8, 4) is 10.6 Å². The number of hydrogen-bond acceptors (Lipinski definition) is 4. The van der Waals surface area contributed by atoms with Crippen molar-refractivity contribution in [3.05, 3.63) is 40.7 Å². The van der Waals surface area contributed by atoms with Crippen molar-refractivity contribution in [1.82, 2.24) is 15.2 Å². The zero-order valence-corrected chi connectivity index (χ0v) is 16.5. The van der Waals surface area contributed by atoms with Crippen molar-refractivity contribution in [2.45, 2.75) is 45.1 Å². The minimum Gasteiger partial charge on any atom is -0.351 e. The van der Waals surface area contributed by atoms with E-state index in [4.69, 9.17) is 0 Å². The van der Waals surface area contributed by atoms with E-state index in [-0.39, 0.29) is 11.7 Å². The summed E-state index contributed by atoms with van der Waals surface area (Å²) in [4.78, 5) is 20.5. The molecular formula is C21H26FN3OS. The number of rotatable bonds is 4. The standard InChI is InChI=1S/C21H26FN3OS/c1-14-19(27-21(24-14)15-7-9-17(22)10-8-15)20(26)23-13-16-5-4-12-25-11-3-2-6-18(16)25/h7-10,16,18H,2-6,11-13H2,1H3,(H,23,26)/t16-,18+/m0/s1. The second-order valence-corrected chi connectivity index (χ2v) is 8.65. The van der Waals surface area contributed by atoms with Crippen molar-refractivity contribution < 1.29 is 9.18 Å². The van der Waals surface area contributed by atoms with Crippen LogP contribution in [0.1, 0.15) is 47.5 Å². The Morgan fingerprint density at radius 1 is 1.22 bits per heavy atom. The summed E-state index contributed by atoms with van der Waals surface area (Å²) in [7, 11) is 0. The first kappa shape index (κ1) is 18.6. The zero-order valence-electron chi connectivity index (χ0n) is 15.7. The maximum Gasteiger partial charge on any atom is 0.263 e. The van der Waals surface area contributed by atoms with Gasteiger partial charge in [-0.05, 0) is 75.9 Å². The van der Waals surface area contributed by atoms with Gasteiger partial charge in [-0.15, -0.1) is 11.3 Å². The zero-order chi connectivity index (χ0) is 18.8. The number of nitrogens with one attached hydrogen (secondary N) is 1. The van der Waals surface area contributed by atoms with Crippen LogP contribution in [-0.4, -0.2) is 41.5 Å². The Kier molecular flexibility index (Phi) is 5.55. The molecule has 0 spiro atoms. The Balaban J connectivity index is 1.42. The second-order valence-electron chi connectivity index (χ2n) is 7.65. The number of carbonyl (C=O) groups is 1. The first-order valence-corrected chi connectivity index (χ1v) is 10.7. The van der Waals surface area contributed by atoms with Crippen LogP contribution in [-0.2, 0) is 0 Å². The average Bonchev–Trinajstić information content (AvgIpc) is 3.08. The van der Waals surface area contributed by atoms with Gasteiger partial charge in [-0.3, -0.25) is 4.79 Å². The molecule has 3 heterocycles. The van der Waals surface area contributed by atoms with E-state index in [9.17, 15) is 9.18 Å². The Morgan fingerprint density at radius 2 is 2.00 bits per heavy atom. The highest BCUT2D eigenvalue weighted by Gasteiger charge is 2.33. The highest BCUT2D eigenvalue weighted by atomic mass is 32.1. The third-order valence-electron chi connectivity index (χ3n) is 5.85. The molecule has 2 fully saturated rings. The minimum absolute atomic E-state index is 0.0358. The number of amides is 1. The number of aryl methyl sites for hydroxylation is 1. The summed E-state index contributed by atoms with van der Waals surface area (Å²) in [5.41, 5.74) is 1.58. The van der Waals surface area contributed by atoms with E-state index < -0.39 is 0 Å². The van der Waals surface area contributed by atoms with Crippen LogP contribution in [0.15, 0.2) is 24.3 Å². The first-order chi connectivity index (χ1) is 13.1. The van der Waals surface area contributed by atoms with E-state index in [1.165, 1.54) is 68.7 Å². The number of fused-ring (bicyclic) bond motifs is 1. The summed E-state index contributed by atoms with van der Waals surface area (Å²) in [5.74, 6) is 0.244. The lowest BCUT2D eigenvalue weighted by Crippen LogP contribution is -2.50. The van der Waals surface area contributed by atoms with E-state index in [2.05, 4.69) is 15.2 Å². The number of benzene rings is 1. The minimum atomic E-state index is -0.269. The van der Waals surface area contributed by atoms with E-state index in [0.717, 1.165) is 22.8 Å². The average molecular weight is 388 g/mol. The molecule has 1 N–H and O–H groups in total. The molecule has 4 nitrogen and oxygen atoms in total. The summed E-state index contributed by atoms with van der Waals surface area (Å²) in [6, 6.07) is 6.88. The molecule has 144 valence electrons. The number of nitrogens with zero attached hydrogens (tertiary/aromatic N) is 2. The highest BCUT2D eigenvalue weighted by molar-refractivity contribution is 7.17. The molecule has 2 aromatic rings. The van der Waals surface area contributed by atoms with Gasteiger partial charge in [0.15, 0.2) is 0 Å². The van der Waals surface area contributed by atoms with Gasteiger partial charge in [0.1, 0.15) is 15.7 Å². The predicted molar refractivity (Wildman–Crippen MR) is 107 cm³/mol. The number of aromatic nitrogens is 1. The Morgan fingerprint density at radius 3 is 2.81 bits per heavy atom. The smallest absolute Gasteiger partial charge is 0.263 e. The molecule has 1 aromatic heterocycles. The molecule has 6 heteroatoms. The molecule has 2 atom stereocenters. The third kappa shape index (κ3) is 4.06. The lowest BCUT2D eigenvalue weighted by atomic mass is 9.83. The van der Waals surface area contributed by atoms with Crippen molar-refractivity contribution in [2.24, 2.45) is 5.92 Å². The van der Waals surface area contributed by atoms with Crippen LogP contribution < -0.4 is 5.32 Å². The molecule has 0 unspecified atom stereocenters. The van der Waals surface area contributed by atoms with Gasteiger partial charge in [0.25, 0.3) is 5.91 Å².